The summed E-state index contributed by atoms with van der Waals surface area (Å²) in [6.07, 6.45) is 0.862. The zero-order valence-corrected chi connectivity index (χ0v) is 21.1. The number of nitrogens with zero attached hydrogens (tertiary/aromatic N) is 3. The monoisotopic (exact) mass is 498 g/mol. The van der Waals surface area contributed by atoms with Crippen LogP contribution in [0.3, 0.4) is 0 Å². The second-order valence-corrected chi connectivity index (χ2v) is 10.9. The minimum absolute atomic E-state index is 0.120. The minimum Gasteiger partial charge on any atom is -0.497 e. The number of hydrogen-bond donors (Lipinski definition) is 1. The quantitative estimate of drug-likeness (QED) is 0.519. The zero-order valence-electron chi connectivity index (χ0n) is 20.3. The second-order valence-electron chi connectivity index (χ2n) is 8.95. The number of sulfonamides is 1. The molecule has 1 aromatic heterocycles. The molecule has 10 heteroatoms. The van der Waals surface area contributed by atoms with E-state index in [9.17, 15) is 13.2 Å². The topological polar surface area (TPSA) is 115 Å². The lowest BCUT2D eigenvalue weighted by Crippen LogP contribution is -2.41. The zero-order chi connectivity index (χ0) is 25.2. The average molecular weight is 499 g/mol. The van der Waals surface area contributed by atoms with Gasteiger partial charge in [-0.2, -0.15) is 9.29 Å². The molecule has 9 nitrogen and oxygen atoms in total. The van der Waals surface area contributed by atoms with Gasteiger partial charge in [0, 0.05) is 24.9 Å². The maximum absolute atomic E-state index is 13.2. The number of anilines is 1. The number of carbonyl (C=O) groups is 1. The van der Waals surface area contributed by atoms with Gasteiger partial charge in [-0.3, -0.25) is 4.79 Å². The number of amides is 1. The lowest BCUT2D eigenvalue weighted by Gasteiger charge is -2.30. The van der Waals surface area contributed by atoms with Gasteiger partial charge in [0.15, 0.2) is 5.82 Å². The molecular weight excluding hydrogens is 468 g/mol. The molecule has 1 N–H and O–H groups in total. The fraction of sp³-hybridized carbons (Fsp3) is 0.400. The van der Waals surface area contributed by atoms with Crippen LogP contribution in [0.25, 0.3) is 11.5 Å². The predicted molar refractivity (Wildman–Crippen MR) is 132 cm³/mol. The molecule has 1 fully saturated rings. The molecule has 1 saturated heterocycles. The minimum atomic E-state index is -3.63. The number of methoxy groups -OCH3 is 1. The highest BCUT2D eigenvalue weighted by molar-refractivity contribution is 7.89. The summed E-state index contributed by atoms with van der Waals surface area (Å²) in [6.45, 7) is 6.41. The summed E-state index contributed by atoms with van der Waals surface area (Å²) in [4.78, 5) is 17.8. The van der Waals surface area contributed by atoms with Crippen LogP contribution in [0.2, 0.25) is 0 Å². The van der Waals surface area contributed by atoms with Crippen molar-refractivity contribution in [2.45, 2.75) is 44.4 Å². The Morgan fingerprint density at radius 3 is 2.43 bits per heavy atom. The molecule has 0 unspecified atom stereocenters. The largest absolute Gasteiger partial charge is 0.497 e. The Balaban J connectivity index is 1.45. The Labute approximate surface area is 205 Å². The predicted octanol–water partition coefficient (Wildman–Crippen LogP) is 4.22. The fourth-order valence-electron chi connectivity index (χ4n) is 4.07. The van der Waals surface area contributed by atoms with Gasteiger partial charge in [0.25, 0.3) is 5.89 Å². The Bertz CT molecular complexity index is 1290. The van der Waals surface area contributed by atoms with Crippen molar-refractivity contribution in [2.75, 3.05) is 25.5 Å². The van der Waals surface area contributed by atoms with E-state index >= 15 is 0 Å². The number of benzene rings is 2. The third-order valence-electron chi connectivity index (χ3n) is 6.23. The van der Waals surface area contributed by atoms with Crippen molar-refractivity contribution in [3.05, 3.63) is 53.9 Å². The summed E-state index contributed by atoms with van der Waals surface area (Å²) >= 11 is 0. The van der Waals surface area contributed by atoms with Crippen molar-refractivity contribution in [1.29, 1.82) is 0 Å². The number of carbonyl (C=O) groups excluding carboxylic acids is 1. The van der Waals surface area contributed by atoms with Gasteiger partial charge < -0.3 is 14.6 Å². The van der Waals surface area contributed by atoms with Crippen LogP contribution in [0.5, 0.6) is 5.75 Å². The van der Waals surface area contributed by atoms with Crippen LogP contribution in [-0.2, 0) is 14.8 Å². The highest BCUT2D eigenvalue weighted by Gasteiger charge is 2.32. The molecule has 0 bridgehead atoms. The van der Waals surface area contributed by atoms with Crippen LogP contribution >= 0.6 is 0 Å². The number of rotatable bonds is 7. The summed E-state index contributed by atoms with van der Waals surface area (Å²) in [7, 11) is -2.10. The molecule has 2 heterocycles. The molecule has 2 aromatic carbocycles. The van der Waals surface area contributed by atoms with E-state index in [0.29, 0.717) is 41.6 Å². The molecule has 1 amide bonds. The van der Waals surface area contributed by atoms with E-state index in [0.717, 1.165) is 5.56 Å². The highest BCUT2D eigenvalue weighted by Crippen LogP contribution is 2.32. The van der Waals surface area contributed by atoms with E-state index in [1.165, 1.54) is 23.5 Å². The van der Waals surface area contributed by atoms with Crippen molar-refractivity contribution in [3.8, 4) is 17.2 Å². The van der Waals surface area contributed by atoms with E-state index < -0.39 is 10.0 Å². The SMILES string of the molecule is COc1ccc(S(=O)(=O)N2CCC(C(=O)Nc3c(C)cccc3-c3nc(C(C)C)no3)CC2)cc1. The van der Waals surface area contributed by atoms with Crippen molar-refractivity contribution >= 4 is 21.6 Å². The van der Waals surface area contributed by atoms with Crippen LogP contribution in [0.1, 0.15) is 44.0 Å². The summed E-state index contributed by atoms with van der Waals surface area (Å²) in [5, 5.41) is 7.06. The Kier molecular flexibility index (Phi) is 7.23. The molecule has 0 atom stereocenters. The molecular formula is C25H30N4O5S. The van der Waals surface area contributed by atoms with Crippen LogP contribution in [0, 0.1) is 12.8 Å². The van der Waals surface area contributed by atoms with Gasteiger partial charge in [-0.1, -0.05) is 31.1 Å². The van der Waals surface area contributed by atoms with Crippen LogP contribution < -0.4 is 10.1 Å². The number of para-hydroxylation sites is 1. The number of hydrogen-bond acceptors (Lipinski definition) is 7. The number of aryl methyl sites for hydroxylation is 1. The number of piperidine rings is 1. The van der Waals surface area contributed by atoms with Crippen LogP contribution in [0.15, 0.2) is 51.9 Å². The molecule has 1 aliphatic heterocycles. The first-order chi connectivity index (χ1) is 16.7. The smallest absolute Gasteiger partial charge is 0.260 e. The first-order valence-electron chi connectivity index (χ1n) is 11.6. The number of nitrogens with one attached hydrogen (secondary N) is 1. The summed E-state index contributed by atoms with van der Waals surface area (Å²) in [6, 6.07) is 11.9. The van der Waals surface area contributed by atoms with Crippen molar-refractivity contribution in [3.63, 3.8) is 0 Å². The normalized spacial score (nSPS) is 15.3. The fourth-order valence-corrected chi connectivity index (χ4v) is 5.54. The first kappa shape index (κ1) is 24.9. The molecule has 0 saturated carbocycles. The molecule has 0 aliphatic carbocycles. The van der Waals surface area contributed by atoms with Gasteiger partial charge >= 0.3 is 0 Å². The lowest BCUT2D eigenvalue weighted by molar-refractivity contribution is -0.120. The molecule has 35 heavy (non-hydrogen) atoms. The van der Waals surface area contributed by atoms with E-state index in [1.54, 1.807) is 12.1 Å². The van der Waals surface area contributed by atoms with Crippen molar-refractivity contribution < 1.29 is 22.5 Å². The molecule has 3 aromatic rings. The van der Waals surface area contributed by atoms with Gasteiger partial charge in [-0.05, 0) is 55.7 Å². The maximum atomic E-state index is 13.2. The molecule has 0 radical (unpaired) electrons. The molecule has 0 spiro atoms. The van der Waals surface area contributed by atoms with Gasteiger partial charge in [-0.15, -0.1) is 0 Å². The highest BCUT2D eigenvalue weighted by atomic mass is 32.2. The van der Waals surface area contributed by atoms with Crippen molar-refractivity contribution in [2.24, 2.45) is 5.92 Å². The van der Waals surface area contributed by atoms with Gasteiger partial charge in [0.2, 0.25) is 15.9 Å². The van der Waals surface area contributed by atoms with E-state index in [4.69, 9.17) is 9.26 Å². The van der Waals surface area contributed by atoms with Crippen LogP contribution in [0.4, 0.5) is 5.69 Å². The molecule has 1 aliphatic rings. The third kappa shape index (κ3) is 5.23. The van der Waals surface area contributed by atoms with E-state index in [-0.39, 0.29) is 35.7 Å². The number of aromatic nitrogens is 2. The molecule has 4 rings (SSSR count). The lowest BCUT2D eigenvalue weighted by atomic mass is 9.96. The first-order valence-corrected chi connectivity index (χ1v) is 13.0. The summed E-state index contributed by atoms with van der Waals surface area (Å²) < 4.78 is 38.0. The van der Waals surface area contributed by atoms with Crippen molar-refractivity contribution in [1.82, 2.24) is 14.4 Å². The molecule has 186 valence electrons. The Hall–Kier alpha value is -3.24. The average Bonchev–Trinajstić information content (AvgIpc) is 3.36. The number of ether oxygens (including phenoxy) is 1. The van der Waals surface area contributed by atoms with E-state index in [1.807, 2.05) is 39.0 Å². The standard InChI is InChI=1S/C25H30N4O5S/c1-16(2)23-27-25(34-28-23)21-7-5-6-17(3)22(21)26-24(30)18-12-14-29(15-13-18)35(31,32)20-10-8-19(33-4)9-11-20/h5-11,16,18H,12-15H2,1-4H3,(H,26,30). The Morgan fingerprint density at radius 1 is 1.14 bits per heavy atom. The van der Waals surface area contributed by atoms with Gasteiger partial charge in [0.1, 0.15) is 5.75 Å². The summed E-state index contributed by atoms with van der Waals surface area (Å²) in [5.74, 6) is 1.22. The Morgan fingerprint density at radius 2 is 1.83 bits per heavy atom. The third-order valence-corrected chi connectivity index (χ3v) is 8.14. The van der Waals surface area contributed by atoms with Gasteiger partial charge in [0.05, 0.1) is 23.3 Å². The second kappa shape index (κ2) is 10.2. The van der Waals surface area contributed by atoms with Crippen LogP contribution in [-0.4, -0.2) is 49.0 Å². The maximum Gasteiger partial charge on any atom is 0.260 e. The summed E-state index contributed by atoms with van der Waals surface area (Å²) in [5.41, 5.74) is 2.17. The van der Waals surface area contributed by atoms with E-state index in [2.05, 4.69) is 15.5 Å². The van der Waals surface area contributed by atoms with Gasteiger partial charge in [-0.25, -0.2) is 8.42 Å².